The Morgan fingerprint density at radius 1 is 1.56 bits per heavy atom. The number of carbonyl (C=O) groups is 2. The summed E-state index contributed by atoms with van der Waals surface area (Å²) >= 11 is 1.56. The number of hydrogen-bond donors (Lipinski definition) is 1. The lowest BCUT2D eigenvalue weighted by atomic mass is 10.2. The molecule has 1 aliphatic heterocycles. The molecule has 0 aliphatic carbocycles. The third-order valence-electron chi connectivity index (χ3n) is 2.34. The summed E-state index contributed by atoms with van der Waals surface area (Å²) in [4.78, 5) is 23.9. The van der Waals surface area contributed by atoms with Crippen LogP contribution in [-0.2, 0) is 9.53 Å². The number of hydrogen-bond acceptors (Lipinski definition) is 5. The van der Waals surface area contributed by atoms with Gasteiger partial charge in [0.15, 0.2) is 6.61 Å². The first-order valence-electron chi connectivity index (χ1n) is 5.31. The predicted molar refractivity (Wildman–Crippen MR) is 66.3 cm³/mol. The Bertz CT molecular complexity index is 537. The molecule has 5 nitrogen and oxygen atoms in total. The molecule has 0 saturated carbocycles. The molecule has 1 amide bonds. The van der Waals surface area contributed by atoms with Crippen LogP contribution in [0.5, 0.6) is 0 Å². The maximum atomic E-state index is 11.6. The van der Waals surface area contributed by atoms with Crippen LogP contribution in [0.4, 0.5) is 5.69 Å². The predicted octanol–water partition coefficient (Wildman–Crippen LogP) is 1.80. The number of fused-ring (bicyclic) bond motifs is 1. The van der Waals surface area contributed by atoms with Crippen LogP contribution in [0.2, 0.25) is 0 Å². The highest BCUT2D eigenvalue weighted by molar-refractivity contribution is 7.99. The Hall–Kier alpha value is -2.00. The zero-order valence-electron chi connectivity index (χ0n) is 9.43. The molecule has 0 aromatic heterocycles. The Morgan fingerprint density at radius 3 is 3.17 bits per heavy atom. The molecule has 0 unspecified atom stereocenters. The minimum Gasteiger partial charge on any atom is -0.447 e. The molecule has 1 aromatic rings. The Balaban J connectivity index is 2.23. The van der Waals surface area contributed by atoms with Gasteiger partial charge in [0.25, 0.3) is 0 Å². The van der Waals surface area contributed by atoms with Crippen molar-refractivity contribution in [2.75, 3.05) is 17.7 Å². The van der Waals surface area contributed by atoms with E-state index in [1.165, 1.54) is 0 Å². The van der Waals surface area contributed by atoms with Gasteiger partial charge in [-0.1, -0.05) is 0 Å². The molecule has 18 heavy (non-hydrogen) atoms. The first kappa shape index (κ1) is 12.5. The van der Waals surface area contributed by atoms with Crippen molar-refractivity contribution < 1.29 is 14.3 Å². The molecule has 92 valence electrons. The van der Waals surface area contributed by atoms with Crippen molar-refractivity contribution in [1.82, 2.24) is 0 Å². The molecule has 1 aliphatic rings. The smallest absolute Gasteiger partial charge is 0.339 e. The first-order valence-corrected chi connectivity index (χ1v) is 6.30. The van der Waals surface area contributed by atoms with Crippen LogP contribution in [0.3, 0.4) is 0 Å². The van der Waals surface area contributed by atoms with E-state index < -0.39 is 5.97 Å². The standard InChI is InChI=1S/C12H10N2O3S/c13-4-5-17-12(16)8-1-2-10-9(7-8)14-11(15)3-6-18-10/h1-2,7H,3,5-6H2,(H,14,15). The number of nitriles is 1. The van der Waals surface area contributed by atoms with Gasteiger partial charge in [-0.25, -0.2) is 4.79 Å². The maximum absolute atomic E-state index is 11.6. The van der Waals surface area contributed by atoms with Crippen molar-refractivity contribution in [2.45, 2.75) is 11.3 Å². The fourth-order valence-electron chi connectivity index (χ4n) is 1.53. The van der Waals surface area contributed by atoms with Gasteiger partial charge in [-0.15, -0.1) is 11.8 Å². The normalized spacial score (nSPS) is 13.8. The van der Waals surface area contributed by atoms with Crippen molar-refractivity contribution >= 4 is 29.3 Å². The van der Waals surface area contributed by atoms with Crippen molar-refractivity contribution in [2.24, 2.45) is 0 Å². The number of amides is 1. The lowest BCUT2D eigenvalue weighted by molar-refractivity contribution is -0.115. The number of esters is 1. The number of nitrogens with zero attached hydrogens (tertiary/aromatic N) is 1. The van der Waals surface area contributed by atoms with Gasteiger partial charge in [-0.3, -0.25) is 4.79 Å². The Labute approximate surface area is 108 Å². The topological polar surface area (TPSA) is 79.2 Å². The molecule has 0 atom stereocenters. The molecule has 6 heteroatoms. The van der Waals surface area contributed by atoms with Crippen LogP contribution in [0.1, 0.15) is 16.8 Å². The molecule has 1 N–H and O–H groups in total. The van der Waals surface area contributed by atoms with Gasteiger partial charge in [-0.05, 0) is 18.2 Å². The second kappa shape index (κ2) is 5.56. The van der Waals surface area contributed by atoms with E-state index in [-0.39, 0.29) is 12.5 Å². The van der Waals surface area contributed by atoms with E-state index in [1.807, 2.05) is 0 Å². The van der Waals surface area contributed by atoms with Crippen molar-refractivity contribution in [3.05, 3.63) is 23.8 Å². The van der Waals surface area contributed by atoms with E-state index in [4.69, 9.17) is 10.00 Å². The van der Waals surface area contributed by atoms with Gasteiger partial charge in [0, 0.05) is 17.1 Å². The molecule has 0 radical (unpaired) electrons. The summed E-state index contributed by atoms with van der Waals surface area (Å²) < 4.78 is 4.71. The lowest BCUT2D eigenvalue weighted by Crippen LogP contribution is -2.11. The van der Waals surface area contributed by atoms with E-state index in [2.05, 4.69) is 5.32 Å². The largest absolute Gasteiger partial charge is 0.447 e. The number of nitrogens with one attached hydrogen (secondary N) is 1. The molecular weight excluding hydrogens is 252 g/mol. The van der Waals surface area contributed by atoms with Crippen LogP contribution in [-0.4, -0.2) is 24.2 Å². The summed E-state index contributed by atoms with van der Waals surface area (Å²) in [5, 5.41) is 11.1. The van der Waals surface area contributed by atoms with E-state index in [0.717, 1.165) is 10.6 Å². The minimum atomic E-state index is -0.567. The number of carbonyl (C=O) groups excluding carboxylic acids is 2. The fraction of sp³-hybridized carbons (Fsp3) is 0.250. The van der Waals surface area contributed by atoms with Crippen molar-refractivity contribution in [1.29, 1.82) is 5.26 Å². The van der Waals surface area contributed by atoms with E-state index in [9.17, 15) is 9.59 Å². The SMILES string of the molecule is N#CCOC(=O)c1ccc2c(c1)NC(=O)CCS2. The third kappa shape index (κ3) is 2.81. The van der Waals surface area contributed by atoms with Crippen molar-refractivity contribution in [3.8, 4) is 6.07 Å². The van der Waals surface area contributed by atoms with Crippen LogP contribution in [0.25, 0.3) is 0 Å². The van der Waals surface area contributed by atoms with Crippen LogP contribution in [0, 0.1) is 11.3 Å². The molecule has 1 aromatic carbocycles. The number of thioether (sulfide) groups is 1. The lowest BCUT2D eigenvalue weighted by Gasteiger charge is -2.08. The number of benzene rings is 1. The second-order valence-electron chi connectivity index (χ2n) is 3.59. The Morgan fingerprint density at radius 2 is 2.39 bits per heavy atom. The third-order valence-corrected chi connectivity index (χ3v) is 3.42. The quantitative estimate of drug-likeness (QED) is 0.822. The van der Waals surface area contributed by atoms with E-state index in [0.29, 0.717) is 17.7 Å². The summed E-state index contributed by atoms with van der Waals surface area (Å²) in [6.07, 6.45) is 0.452. The Kier molecular flexibility index (Phi) is 3.85. The average Bonchev–Trinajstić information content (AvgIpc) is 2.55. The summed E-state index contributed by atoms with van der Waals surface area (Å²) in [5.74, 6) is 0.0866. The number of rotatable bonds is 2. The highest BCUT2D eigenvalue weighted by Gasteiger charge is 2.16. The zero-order valence-corrected chi connectivity index (χ0v) is 10.3. The maximum Gasteiger partial charge on any atom is 0.339 e. The monoisotopic (exact) mass is 262 g/mol. The van der Waals surface area contributed by atoms with Crippen LogP contribution < -0.4 is 5.32 Å². The molecule has 0 spiro atoms. The second-order valence-corrected chi connectivity index (χ2v) is 4.73. The summed E-state index contributed by atoms with van der Waals surface area (Å²) in [7, 11) is 0. The van der Waals surface area contributed by atoms with Crippen LogP contribution >= 0.6 is 11.8 Å². The van der Waals surface area contributed by atoms with E-state index >= 15 is 0 Å². The average molecular weight is 262 g/mol. The van der Waals surface area contributed by atoms with Gasteiger partial charge >= 0.3 is 5.97 Å². The first-order chi connectivity index (χ1) is 8.70. The zero-order chi connectivity index (χ0) is 13.0. The molecule has 0 saturated heterocycles. The molecule has 2 rings (SSSR count). The molecular formula is C12H10N2O3S. The summed E-state index contributed by atoms with van der Waals surface area (Å²) in [6, 6.07) is 6.71. The number of ether oxygens (including phenoxy) is 1. The number of anilines is 1. The van der Waals surface area contributed by atoms with Gasteiger partial charge in [0.05, 0.1) is 11.3 Å². The fourth-order valence-corrected chi connectivity index (χ4v) is 2.47. The van der Waals surface area contributed by atoms with Gasteiger partial charge in [0.2, 0.25) is 5.91 Å². The molecule has 0 bridgehead atoms. The van der Waals surface area contributed by atoms with Crippen LogP contribution in [0.15, 0.2) is 23.1 Å². The van der Waals surface area contributed by atoms with E-state index in [1.54, 1.807) is 36.0 Å². The molecule has 1 heterocycles. The van der Waals surface area contributed by atoms with Gasteiger partial charge in [-0.2, -0.15) is 5.26 Å². The van der Waals surface area contributed by atoms with Gasteiger partial charge in [0.1, 0.15) is 6.07 Å². The minimum absolute atomic E-state index is 0.0659. The molecule has 0 fully saturated rings. The highest BCUT2D eigenvalue weighted by Crippen LogP contribution is 2.31. The van der Waals surface area contributed by atoms with Gasteiger partial charge < -0.3 is 10.1 Å². The summed E-state index contributed by atoms with van der Waals surface area (Å²) in [5.41, 5.74) is 0.945. The summed E-state index contributed by atoms with van der Waals surface area (Å²) in [6.45, 7) is -0.281. The van der Waals surface area contributed by atoms with Crippen molar-refractivity contribution in [3.63, 3.8) is 0 Å². The highest BCUT2D eigenvalue weighted by atomic mass is 32.2.